The zero-order chi connectivity index (χ0) is 9.97. The van der Waals surface area contributed by atoms with Gasteiger partial charge in [0.05, 0.1) is 5.69 Å². The smallest absolute Gasteiger partial charge is 0.116 e. The molecule has 14 heavy (non-hydrogen) atoms. The minimum absolute atomic E-state index is 0.536. The Morgan fingerprint density at radius 1 is 1.36 bits per heavy atom. The molecule has 0 bridgehead atoms. The molecule has 0 aliphatic heterocycles. The van der Waals surface area contributed by atoms with Gasteiger partial charge in [-0.25, -0.2) is 0 Å². The van der Waals surface area contributed by atoms with Crippen molar-refractivity contribution < 1.29 is 4.74 Å². The third kappa shape index (κ3) is 1.46. The maximum Gasteiger partial charge on any atom is 0.116 e. The summed E-state index contributed by atoms with van der Waals surface area (Å²) in [6, 6.07) is 8.30. The van der Waals surface area contributed by atoms with Gasteiger partial charge in [-0.2, -0.15) is 0 Å². The van der Waals surface area contributed by atoms with Crippen LogP contribution in [0.2, 0.25) is 0 Å². The van der Waals surface area contributed by atoms with Crippen LogP contribution in [0.15, 0.2) is 30.5 Å². The Morgan fingerprint density at radius 3 is 2.93 bits per heavy atom. The minimum atomic E-state index is 0.536. The van der Waals surface area contributed by atoms with E-state index in [2.05, 4.69) is 28.2 Å². The van der Waals surface area contributed by atoms with Crippen LogP contribution in [0, 0.1) is 0 Å². The second-order valence-electron chi connectivity index (χ2n) is 3.28. The number of rotatable bonds is 3. The van der Waals surface area contributed by atoms with Crippen molar-refractivity contribution in [1.82, 2.24) is 4.57 Å². The first-order valence-electron chi connectivity index (χ1n) is 4.60. The predicted octanol–water partition coefficient (Wildman–Crippen LogP) is 2.19. The van der Waals surface area contributed by atoms with Crippen LogP contribution < -0.4 is 5.32 Å². The number of hydrogen-bond donors (Lipinski definition) is 1. The molecule has 3 heteroatoms. The molecule has 0 amide bonds. The third-order valence-corrected chi connectivity index (χ3v) is 2.30. The van der Waals surface area contributed by atoms with Crippen molar-refractivity contribution in [1.29, 1.82) is 0 Å². The molecule has 0 saturated carbocycles. The lowest BCUT2D eigenvalue weighted by atomic mass is 10.2. The van der Waals surface area contributed by atoms with Crippen LogP contribution in [-0.4, -0.2) is 18.4 Å². The largest absolute Gasteiger partial charge is 0.365 e. The zero-order valence-electron chi connectivity index (χ0n) is 8.45. The second kappa shape index (κ2) is 3.72. The van der Waals surface area contributed by atoms with Gasteiger partial charge in [0.15, 0.2) is 0 Å². The SMILES string of the molecule is COCNc1cn(C)c2ccccc12. The predicted molar refractivity (Wildman–Crippen MR) is 58.4 cm³/mol. The number of nitrogens with zero attached hydrogens (tertiary/aromatic N) is 1. The number of benzene rings is 1. The molecule has 0 aliphatic carbocycles. The van der Waals surface area contributed by atoms with Gasteiger partial charge in [-0.3, -0.25) is 0 Å². The quantitative estimate of drug-likeness (QED) is 0.751. The molecule has 3 nitrogen and oxygen atoms in total. The maximum absolute atomic E-state index is 4.98. The van der Waals surface area contributed by atoms with Gasteiger partial charge < -0.3 is 14.6 Å². The van der Waals surface area contributed by atoms with E-state index in [4.69, 9.17) is 4.74 Å². The topological polar surface area (TPSA) is 26.2 Å². The van der Waals surface area contributed by atoms with Crippen LogP contribution >= 0.6 is 0 Å². The molecule has 74 valence electrons. The molecule has 0 saturated heterocycles. The molecule has 0 aliphatic rings. The molecular weight excluding hydrogens is 176 g/mol. The van der Waals surface area contributed by atoms with Crippen LogP contribution in [-0.2, 0) is 11.8 Å². The van der Waals surface area contributed by atoms with E-state index in [1.54, 1.807) is 7.11 Å². The van der Waals surface area contributed by atoms with E-state index in [9.17, 15) is 0 Å². The summed E-state index contributed by atoms with van der Waals surface area (Å²) in [6.45, 7) is 0.536. The zero-order valence-corrected chi connectivity index (χ0v) is 8.45. The first-order chi connectivity index (χ1) is 6.83. The summed E-state index contributed by atoms with van der Waals surface area (Å²) in [7, 11) is 3.72. The summed E-state index contributed by atoms with van der Waals surface area (Å²) in [6.07, 6.45) is 2.07. The highest BCUT2D eigenvalue weighted by Gasteiger charge is 2.03. The van der Waals surface area contributed by atoms with Gasteiger partial charge in [0.1, 0.15) is 6.73 Å². The van der Waals surface area contributed by atoms with Gasteiger partial charge in [-0.1, -0.05) is 18.2 Å². The Bertz CT molecular complexity index is 434. The van der Waals surface area contributed by atoms with Crippen molar-refractivity contribution in [2.24, 2.45) is 7.05 Å². The van der Waals surface area contributed by atoms with E-state index in [0.29, 0.717) is 6.73 Å². The Kier molecular flexibility index (Phi) is 2.41. The average molecular weight is 190 g/mol. The second-order valence-corrected chi connectivity index (χ2v) is 3.28. The van der Waals surface area contributed by atoms with Gasteiger partial charge in [0.2, 0.25) is 0 Å². The van der Waals surface area contributed by atoms with Gasteiger partial charge in [0, 0.05) is 31.3 Å². The van der Waals surface area contributed by atoms with Crippen LogP contribution in [0.1, 0.15) is 0 Å². The van der Waals surface area contributed by atoms with Crippen LogP contribution in [0.4, 0.5) is 5.69 Å². The van der Waals surface area contributed by atoms with E-state index in [1.165, 1.54) is 10.9 Å². The lowest BCUT2D eigenvalue weighted by Crippen LogP contribution is -2.01. The minimum Gasteiger partial charge on any atom is -0.365 e. The number of aryl methyl sites for hydroxylation is 1. The van der Waals surface area contributed by atoms with Crippen molar-refractivity contribution in [3.8, 4) is 0 Å². The lowest BCUT2D eigenvalue weighted by molar-refractivity contribution is 0.221. The number of aromatic nitrogens is 1. The van der Waals surface area contributed by atoms with E-state index in [-0.39, 0.29) is 0 Å². The number of fused-ring (bicyclic) bond motifs is 1. The van der Waals surface area contributed by atoms with Crippen molar-refractivity contribution in [2.75, 3.05) is 19.2 Å². The van der Waals surface area contributed by atoms with E-state index < -0.39 is 0 Å². The number of anilines is 1. The Balaban J connectivity index is 2.44. The number of hydrogen-bond acceptors (Lipinski definition) is 2. The highest BCUT2D eigenvalue weighted by atomic mass is 16.5. The summed E-state index contributed by atoms with van der Waals surface area (Å²) < 4.78 is 7.09. The molecule has 2 aromatic rings. The van der Waals surface area contributed by atoms with E-state index in [1.807, 2.05) is 19.2 Å². The highest BCUT2D eigenvalue weighted by Crippen LogP contribution is 2.24. The van der Waals surface area contributed by atoms with Crippen molar-refractivity contribution in [3.05, 3.63) is 30.5 Å². The molecule has 0 fully saturated rings. The van der Waals surface area contributed by atoms with Crippen LogP contribution in [0.5, 0.6) is 0 Å². The summed E-state index contributed by atoms with van der Waals surface area (Å²) in [5.74, 6) is 0. The Hall–Kier alpha value is -1.48. The first kappa shape index (κ1) is 9.09. The fraction of sp³-hybridized carbons (Fsp3) is 0.273. The van der Waals surface area contributed by atoms with Crippen LogP contribution in [0.25, 0.3) is 10.9 Å². The van der Waals surface area contributed by atoms with Crippen LogP contribution in [0.3, 0.4) is 0 Å². The Labute approximate surface area is 83.3 Å². The number of methoxy groups -OCH3 is 1. The van der Waals surface area contributed by atoms with Crippen molar-refractivity contribution >= 4 is 16.6 Å². The highest BCUT2D eigenvalue weighted by molar-refractivity contribution is 5.92. The summed E-state index contributed by atoms with van der Waals surface area (Å²) in [4.78, 5) is 0. The third-order valence-electron chi connectivity index (χ3n) is 2.30. The standard InChI is InChI=1S/C11H14N2O/c1-13-7-10(12-8-14-2)9-5-3-4-6-11(9)13/h3-7,12H,8H2,1-2H3. The molecule has 1 heterocycles. The lowest BCUT2D eigenvalue weighted by Gasteiger charge is -2.01. The fourth-order valence-corrected chi connectivity index (χ4v) is 1.63. The van der Waals surface area contributed by atoms with E-state index >= 15 is 0 Å². The normalized spacial score (nSPS) is 10.7. The van der Waals surface area contributed by atoms with E-state index in [0.717, 1.165) is 5.69 Å². The van der Waals surface area contributed by atoms with Gasteiger partial charge in [-0.15, -0.1) is 0 Å². The monoisotopic (exact) mass is 190 g/mol. The first-order valence-corrected chi connectivity index (χ1v) is 4.60. The van der Waals surface area contributed by atoms with Gasteiger partial charge >= 0.3 is 0 Å². The average Bonchev–Trinajstić information content (AvgIpc) is 2.54. The molecule has 0 radical (unpaired) electrons. The van der Waals surface area contributed by atoms with Gasteiger partial charge in [-0.05, 0) is 6.07 Å². The number of ether oxygens (including phenoxy) is 1. The summed E-state index contributed by atoms with van der Waals surface area (Å²) >= 11 is 0. The Morgan fingerprint density at radius 2 is 2.14 bits per heavy atom. The maximum atomic E-state index is 4.98. The molecular formula is C11H14N2O. The molecule has 1 aromatic heterocycles. The van der Waals surface area contributed by atoms with Gasteiger partial charge in [0.25, 0.3) is 0 Å². The molecule has 0 unspecified atom stereocenters. The molecule has 1 N–H and O–H groups in total. The summed E-state index contributed by atoms with van der Waals surface area (Å²) in [5, 5.41) is 4.44. The van der Waals surface area contributed by atoms with Crippen molar-refractivity contribution in [2.45, 2.75) is 0 Å². The fourth-order valence-electron chi connectivity index (χ4n) is 1.63. The number of para-hydroxylation sites is 1. The number of nitrogens with one attached hydrogen (secondary N) is 1. The molecule has 1 aromatic carbocycles. The molecule has 0 atom stereocenters. The molecule has 2 rings (SSSR count). The summed E-state index contributed by atoms with van der Waals surface area (Å²) in [5.41, 5.74) is 2.34. The molecule has 0 spiro atoms. The van der Waals surface area contributed by atoms with Crippen molar-refractivity contribution in [3.63, 3.8) is 0 Å².